The van der Waals surface area contributed by atoms with Crippen LogP contribution in [0, 0.1) is 0 Å². The van der Waals surface area contributed by atoms with Crippen LogP contribution >= 0.6 is 0 Å². The molecule has 1 aliphatic carbocycles. The van der Waals surface area contributed by atoms with Crippen LogP contribution < -0.4 is 15.2 Å². The summed E-state index contributed by atoms with van der Waals surface area (Å²) in [6, 6.07) is 10.4. The highest BCUT2D eigenvalue weighted by atomic mass is 15.2. The Labute approximate surface area is 126 Å². The van der Waals surface area contributed by atoms with Crippen molar-refractivity contribution < 1.29 is 4.57 Å². The molecule has 0 amide bonds. The standard InChI is InChI=1S/C17H22N4/c1-3-21(13-9-5-4-6-10-13)16-14-11-7-8-12-15(14)20(2)17(18)19-16/h4-6,9-10,18H,3,7-8,11-12H2,1-2H3/p+1. The summed E-state index contributed by atoms with van der Waals surface area (Å²) in [5.74, 6) is 1.63. The monoisotopic (exact) mass is 283 g/mol. The van der Waals surface area contributed by atoms with E-state index in [1.165, 1.54) is 29.8 Å². The summed E-state index contributed by atoms with van der Waals surface area (Å²) >= 11 is 0. The summed E-state index contributed by atoms with van der Waals surface area (Å²) in [4.78, 5) is 6.96. The molecule has 3 rings (SSSR count). The summed E-state index contributed by atoms with van der Waals surface area (Å²) < 4.78 is 2.05. The second kappa shape index (κ2) is 5.72. The number of anilines is 3. The Balaban J connectivity index is 2.15. The zero-order valence-corrected chi connectivity index (χ0v) is 12.8. The molecule has 1 heterocycles. The quantitative estimate of drug-likeness (QED) is 0.881. The number of rotatable bonds is 3. The van der Waals surface area contributed by atoms with Gasteiger partial charge >= 0.3 is 5.95 Å². The maximum absolute atomic E-state index is 6.14. The Morgan fingerprint density at radius 3 is 2.62 bits per heavy atom. The van der Waals surface area contributed by atoms with Crippen LogP contribution in [0.5, 0.6) is 0 Å². The lowest BCUT2D eigenvalue weighted by atomic mass is 9.95. The number of benzene rings is 1. The van der Waals surface area contributed by atoms with Crippen molar-refractivity contribution >= 4 is 17.5 Å². The number of aromatic nitrogens is 2. The molecule has 1 aromatic carbocycles. The molecule has 0 saturated heterocycles. The zero-order chi connectivity index (χ0) is 14.8. The van der Waals surface area contributed by atoms with Crippen molar-refractivity contribution in [3.63, 3.8) is 0 Å². The third-order valence-corrected chi connectivity index (χ3v) is 4.32. The molecular formula is C17H23N4+. The van der Waals surface area contributed by atoms with Crippen LogP contribution in [-0.4, -0.2) is 11.5 Å². The molecule has 0 aliphatic heterocycles. The molecule has 1 aromatic heterocycles. The van der Waals surface area contributed by atoms with E-state index < -0.39 is 0 Å². The van der Waals surface area contributed by atoms with Gasteiger partial charge in [-0.3, -0.25) is 5.73 Å². The van der Waals surface area contributed by atoms with Crippen molar-refractivity contribution in [2.24, 2.45) is 7.05 Å². The molecular weight excluding hydrogens is 260 g/mol. The van der Waals surface area contributed by atoms with E-state index in [1.54, 1.807) is 0 Å². The van der Waals surface area contributed by atoms with E-state index in [0.29, 0.717) is 5.95 Å². The van der Waals surface area contributed by atoms with E-state index in [2.05, 4.69) is 40.7 Å². The highest BCUT2D eigenvalue weighted by Gasteiger charge is 2.27. The van der Waals surface area contributed by atoms with Crippen LogP contribution in [0.15, 0.2) is 30.3 Å². The molecule has 2 N–H and O–H groups in total. The third-order valence-electron chi connectivity index (χ3n) is 4.32. The Morgan fingerprint density at radius 1 is 1.19 bits per heavy atom. The van der Waals surface area contributed by atoms with Crippen molar-refractivity contribution in [1.29, 1.82) is 0 Å². The first kappa shape index (κ1) is 13.9. The number of nitrogens with two attached hydrogens (primary N) is 1. The zero-order valence-electron chi connectivity index (χ0n) is 12.8. The van der Waals surface area contributed by atoms with Crippen molar-refractivity contribution in [1.82, 2.24) is 4.98 Å². The number of hydrogen-bond acceptors (Lipinski definition) is 3. The normalized spacial score (nSPS) is 13.8. The first-order valence-electron chi connectivity index (χ1n) is 7.72. The summed E-state index contributed by atoms with van der Waals surface area (Å²) in [7, 11) is 2.02. The maximum atomic E-state index is 6.14. The molecule has 4 nitrogen and oxygen atoms in total. The van der Waals surface area contributed by atoms with Crippen molar-refractivity contribution in [3.8, 4) is 0 Å². The van der Waals surface area contributed by atoms with Crippen LogP contribution in [0.4, 0.5) is 17.5 Å². The van der Waals surface area contributed by atoms with Crippen molar-refractivity contribution in [2.75, 3.05) is 17.2 Å². The topological polar surface area (TPSA) is 46.0 Å². The number of nitrogens with zero attached hydrogens (tertiary/aromatic N) is 3. The van der Waals surface area contributed by atoms with E-state index in [1.807, 2.05) is 13.1 Å². The first-order chi connectivity index (χ1) is 10.2. The van der Waals surface area contributed by atoms with Gasteiger partial charge in [0.25, 0.3) is 0 Å². The Bertz CT molecular complexity index is 637. The second-order valence-electron chi connectivity index (χ2n) is 5.56. The van der Waals surface area contributed by atoms with Gasteiger partial charge in [-0.1, -0.05) is 23.2 Å². The SMILES string of the molecule is CCN(c1ccccc1)c1nc(N)[n+](C)c2c1CCCC2. The molecule has 2 aromatic rings. The minimum Gasteiger partial charge on any atom is -0.313 e. The van der Waals surface area contributed by atoms with Gasteiger partial charge in [-0.2, -0.15) is 0 Å². The second-order valence-corrected chi connectivity index (χ2v) is 5.56. The van der Waals surface area contributed by atoms with Gasteiger partial charge in [0.2, 0.25) is 5.82 Å². The summed E-state index contributed by atoms with van der Waals surface area (Å²) in [5, 5.41) is 0. The highest BCUT2D eigenvalue weighted by Crippen LogP contribution is 2.31. The van der Waals surface area contributed by atoms with Gasteiger partial charge in [0.15, 0.2) is 0 Å². The summed E-state index contributed by atoms with van der Waals surface area (Å²) in [6.45, 7) is 3.05. The van der Waals surface area contributed by atoms with Gasteiger partial charge in [-0.15, -0.1) is 0 Å². The van der Waals surface area contributed by atoms with Gasteiger partial charge in [0.1, 0.15) is 0 Å². The summed E-state index contributed by atoms with van der Waals surface area (Å²) in [6.07, 6.45) is 4.66. The molecule has 1 aliphatic rings. The van der Waals surface area contributed by atoms with Crippen LogP contribution in [-0.2, 0) is 19.9 Å². The third kappa shape index (κ3) is 2.46. The molecule has 0 atom stereocenters. The van der Waals surface area contributed by atoms with Crippen molar-refractivity contribution in [3.05, 3.63) is 41.6 Å². The van der Waals surface area contributed by atoms with Crippen LogP contribution in [0.1, 0.15) is 31.0 Å². The average molecular weight is 283 g/mol. The lowest BCUT2D eigenvalue weighted by Gasteiger charge is -2.26. The van der Waals surface area contributed by atoms with E-state index in [-0.39, 0.29) is 0 Å². The van der Waals surface area contributed by atoms with Gasteiger partial charge in [-0.25, -0.2) is 4.57 Å². The molecule has 110 valence electrons. The first-order valence-corrected chi connectivity index (χ1v) is 7.72. The van der Waals surface area contributed by atoms with E-state index in [9.17, 15) is 0 Å². The highest BCUT2D eigenvalue weighted by molar-refractivity contribution is 5.64. The van der Waals surface area contributed by atoms with Gasteiger partial charge < -0.3 is 4.90 Å². The lowest BCUT2D eigenvalue weighted by Crippen LogP contribution is -2.42. The molecule has 0 spiro atoms. The van der Waals surface area contributed by atoms with E-state index >= 15 is 0 Å². The Hall–Kier alpha value is -2.10. The molecule has 0 unspecified atom stereocenters. The smallest absolute Gasteiger partial charge is 0.313 e. The van der Waals surface area contributed by atoms with Crippen molar-refractivity contribution in [2.45, 2.75) is 32.6 Å². The maximum Gasteiger partial charge on any atom is 0.391 e. The van der Waals surface area contributed by atoms with Crippen LogP contribution in [0.3, 0.4) is 0 Å². The van der Waals surface area contributed by atoms with Gasteiger partial charge in [0.05, 0.1) is 12.7 Å². The number of nitrogen functional groups attached to an aromatic ring is 1. The minimum atomic E-state index is 0.597. The predicted octanol–water partition coefficient (Wildman–Crippen LogP) is 2.53. The average Bonchev–Trinajstić information content (AvgIpc) is 2.54. The fourth-order valence-corrected chi connectivity index (χ4v) is 3.18. The number of fused-ring (bicyclic) bond motifs is 1. The van der Waals surface area contributed by atoms with E-state index in [0.717, 1.165) is 25.2 Å². The molecule has 0 saturated carbocycles. The Kier molecular flexibility index (Phi) is 3.78. The van der Waals surface area contributed by atoms with Crippen LogP contribution in [0.2, 0.25) is 0 Å². The van der Waals surface area contributed by atoms with Gasteiger partial charge in [0, 0.05) is 24.2 Å². The number of para-hydroxylation sites is 1. The van der Waals surface area contributed by atoms with Gasteiger partial charge in [-0.05, 0) is 38.3 Å². The lowest BCUT2D eigenvalue weighted by molar-refractivity contribution is -0.667. The molecule has 21 heavy (non-hydrogen) atoms. The summed E-state index contributed by atoms with van der Waals surface area (Å²) in [5.41, 5.74) is 10.0. The minimum absolute atomic E-state index is 0.597. The van der Waals surface area contributed by atoms with Crippen LogP contribution in [0.25, 0.3) is 0 Å². The molecule has 0 radical (unpaired) electrons. The fourth-order valence-electron chi connectivity index (χ4n) is 3.18. The largest absolute Gasteiger partial charge is 0.391 e. The number of hydrogen-bond donors (Lipinski definition) is 1. The molecule has 0 bridgehead atoms. The predicted molar refractivity (Wildman–Crippen MR) is 85.6 cm³/mol. The van der Waals surface area contributed by atoms with E-state index in [4.69, 9.17) is 10.7 Å². The Morgan fingerprint density at radius 2 is 1.90 bits per heavy atom. The molecule has 0 fully saturated rings. The molecule has 4 heteroatoms. The fraction of sp³-hybridized carbons (Fsp3) is 0.412.